The normalized spacial score (nSPS) is 11.6. The molecule has 1 N–H and O–H groups in total. The van der Waals surface area contributed by atoms with E-state index in [0.29, 0.717) is 17.8 Å². The molecule has 1 aromatic heterocycles. The average molecular weight is 359 g/mol. The van der Waals surface area contributed by atoms with E-state index >= 15 is 0 Å². The lowest BCUT2D eigenvalue weighted by atomic mass is 10.2. The Hall–Kier alpha value is -2.44. The molecule has 0 radical (unpaired) electrons. The number of hydrogen-bond acceptors (Lipinski definition) is 5. The molecule has 0 saturated carbocycles. The summed E-state index contributed by atoms with van der Waals surface area (Å²) in [5.74, 6) is 0.713. The maximum atomic E-state index is 5.88. The highest BCUT2D eigenvalue weighted by molar-refractivity contribution is 5.34. The fourth-order valence-electron chi connectivity index (χ4n) is 2.23. The summed E-state index contributed by atoms with van der Waals surface area (Å²) in [5.41, 5.74) is 2.01. The Labute approximate surface area is 153 Å². The van der Waals surface area contributed by atoms with Crippen LogP contribution in [0.4, 0.5) is 0 Å². The largest absolute Gasteiger partial charge is 1.00 e. The molecule has 0 aliphatic carbocycles. The van der Waals surface area contributed by atoms with Crippen molar-refractivity contribution in [2.45, 2.75) is 32.9 Å². The Bertz CT molecular complexity index is 778. The Morgan fingerprint density at radius 3 is 2.68 bits per heavy atom. The predicted molar refractivity (Wildman–Crippen MR) is 92.3 cm³/mol. The molecule has 25 heavy (non-hydrogen) atoms. The molecule has 3 rings (SSSR count). The van der Waals surface area contributed by atoms with Gasteiger partial charge >= 0.3 is 6.01 Å². The van der Waals surface area contributed by atoms with Crippen LogP contribution < -0.4 is 22.5 Å². The van der Waals surface area contributed by atoms with Gasteiger partial charge in [-0.25, -0.2) is 0 Å². The Morgan fingerprint density at radius 1 is 1.12 bits per heavy atom. The summed E-state index contributed by atoms with van der Waals surface area (Å²) in [6, 6.07) is 18.4. The third-order valence-electron chi connectivity index (χ3n) is 3.82. The van der Waals surface area contributed by atoms with Crippen LogP contribution in [0.15, 0.2) is 54.6 Å². The summed E-state index contributed by atoms with van der Waals surface area (Å²) >= 11 is 0. The molecule has 7 heteroatoms. The summed E-state index contributed by atoms with van der Waals surface area (Å²) < 4.78 is 7.45. The van der Waals surface area contributed by atoms with E-state index in [9.17, 15) is 0 Å². The van der Waals surface area contributed by atoms with Crippen molar-refractivity contribution in [3.63, 3.8) is 0 Å². The van der Waals surface area contributed by atoms with Gasteiger partial charge in [-0.05, 0) is 53.6 Å². The van der Waals surface area contributed by atoms with Gasteiger partial charge in [-0.2, -0.15) is 4.68 Å². The average Bonchev–Trinajstić information content (AvgIpc) is 3.09. The molecule has 3 aromatic rings. The van der Waals surface area contributed by atoms with Crippen molar-refractivity contribution in [2.24, 2.45) is 0 Å². The van der Waals surface area contributed by atoms with E-state index in [-0.39, 0.29) is 12.4 Å². The van der Waals surface area contributed by atoms with Gasteiger partial charge in [0.15, 0.2) is 0 Å². The molecular weight excluding hydrogens is 338 g/mol. The third kappa shape index (κ3) is 5.01. The van der Waals surface area contributed by atoms with Gasteiger partial charge < -0.3 is 22.5 Å². The highest BCUT2D eigenvalue weighted by atomic mass is 35.5. The van der Waals surface area contributed by atoms with E-state index in [1.54, 1.807) is 4.68 Å². The number of tetrazole rings is 1. The van der Waals surface area contributed by atoms with Crippen molar-refractivity contribution in [1.82, 2.24) is 25.5 Å². The number of benzene rings is 2. The van der Waals surface area contributed by atoms with Gasteiger partial charge in [0.1, 0.15) is 5.75 Å². The second kappa shape index (κ2) is 9.15. The number of rotatable bonds is 7. The van der Waals surface area contributed by atoms with Crippen LogP contribution >= 0.6 is 0 Å². The number of ether oxygens (including phenoxy) is 1. The van der Waals surface area contributed by atoms with Crippen LogP contribution in [0.5, 0.6) is 11.8 Å². The maximum Gasteiger partial charge on any atom is 0.345 e. The molecule has 0 aliphatic heterocycles. The van der Waals surface area contributed by atoms with Crippen LogP contribution in [0, 0.1) is 0 Å². The SMILES string of the molecule is CCC(C)NCc1cccc(Oc2nnnn2-c2ccccc2)c1.[Cl-]. The van der Waals surface area contributed by atoms with Crippen LogP contribution in [0.3, 0.4) is 0 Å². The molecular formula is C18H21ClN5O-. The van der Waals surface area contributed by atoms with Crippen LogP contribution in [0.1, 0.15) is 25.8 Å². The molecule has 1 atom stereocenters. The maximum absolute atomic E-state index is 5.88. The quantitative estimate of drug-likeness (QED) is 0.660. The second-order valence-corrected chi connectivity index (χ2v) is 5.65. The molecule has 6 nitrogen and oxygen atoms in total. The zero-order valence-corrected chi connectivity index (χ0v) is 15.0. The van der Waals surface area contributed by atoms with Gasteiger partial charge in [0.05, 0.1) is 5.69 Å². The van der Waals surface area contributed by atoms with Crippen molar-refractivity contribution in [1.29, 1.82) is 0 Å². The topological polar surface area (TPSA) is 64.9 Å². The van der Waals surface area contributed by atoms with Gasteiger partial charge in [-0.15, -0.1) is 0 Å². The Balaban J connectivity index is 0.00000225. The monoisotopic (exact) mass is 358 g/mol. The number of hydrogen-bond donors (Lipinski definition) is 1. The van der Waals surface area contributed by atoms with Gasteiger partial charge in [0.2, 0.25) is 0 Å². The molecule has 2 aromatic carbocycles. The highest BCUT2D eigenvalue weighted by Gasteiger charge is 2.10. The fraction of sp³-hybridized carbons (Fsp3) is 0.278. The molecule has 0 saturated heterocycles. The van der Waals surface area contributed by atoms with E-state index in [1.807, 2.05) is 48.5 Å². The van der Waals surface area contributed by atoms with Crippen LogP contribution in [0.25, 0.3) is 5.69 Å². The summed E-state index contributed by atoms with van der Waals surface area (Å²) in [5, 5.41) is 15.1. The fourth-order valence-corrected chi connectivity index (χ4v) is 2.23. The molecule has 0 fully saturated rings. The van der Waals surface area contributed by atoms with E-state index < -0.39 is 0 Å². The highest BCUT2D eigenvalue weighted by Crippen LogP contribution is 2.22. The number of aromatic nitrogens is 4. The minimum absolute atomic E-state index is 0. The van der Waals surface area contributed by atoms with Gasteiger partial charge in [-0.3, -0.25) is 0 Å². The summed E-state index contributed by atoms with van der Waals surface area (Å²) in [6.45, 7) is 5.14. The zero-order valence-electron chi connectivity index (χ0n) is 14.3. The van der Waals surface area contributed by atoms with E-state index in [0.717, 1.165) is 24.2 Å². The first kappa shape index (κ1) is 18.9. The van der Waals surface area contributed by atoms with Crippen LogP contribution in [0.2, 0.25) is 0 Å². The standard InChI is InChI=1S/C18H21N5O.ClH/c1-3-14(2)19-13-15-8-7-11-17(12-15)24-18-20-21-22-23(18)16-9-5-4-6-10-16;/h4-12,14,19H,3,13H2,1-2H3;1H/p-1. The number of halogens is 1. The first-order valence-electron chi connectivity index (χ1n) is 8.10. The summed E-state index contributed by atoms with van der Waals surface area (Å²) in [6.07, 6.45) is 1.10. The Kier molecular flexibility index (Phi) is 6.91. The van der Waals surface area contributed by atoms with Crippen LogP contribution in [-0.4, -0.2) is 26.2 Å². The van der Waals surface area contributed by atoms with Crippen LogP contribution in [-0.2, 0) is 6.54 Å². The molecule has 1 unspecified atom stereocenters. The molecule has 0 amide bonds. The zero-order chi connectivity index (χ0) is 16.8. The third-order valence-corrected chi connectivity index (χ3v) is 3.82. The van der Waals surface area contributed by atoms with Crippen molar-refractivity contribution in [3.05, 3.63) is 60.2 Å². The lowest BCUT2D eigenvalue weighted by Crippen LogP contribution is -3.00. The van der Waals surface area contributed by atoms with Gasteiger partial charge in [-0.1, -0.05) is 42.4 Å². The first-order chi connectivity index (χ1) is 11.8. The Morgan fingerprint density at radius 2 is 1.92 bits per heavy atom. The van der Waals surface area contributed by atoms with Gasteiger partial charge in [0.25, 0.3) is 0 Å². The number of nitrogens with one attached hydrogen (secondary N) is 1. The van der Waals surface area contributed by atoms with Crippen molar-refractivity contribution in [3.8, 4) is 17.4 Å². The first-order valence-corrected chi connectivity index (χ1v) is 8.10. The molecule has 0 aliphatic rings. The van der Waals surface area contributed by atoms with Gasteiger partial charge in [0, 0.05) is 12.6 Å². The lowest BCUT2D eigenvalue weighted by molar-refractivity contribution is -0.00000587. The smallest absolute Gasteiger partial charge is 0.345 e. The lowest BCUT2D eigenvalue weighted by Gasteiger charge is -2.12. The van der Waals surface area contributed by atoms with Crippen molar-refractivity contribution < 1.29 is 17.1 Å². The van der Waals surface area contributed by atoms with Crippen molar-refractivity contribution in [2.75, 3.05) is 0 Å². The minimum Gasteiger partial charge on any atom is -1.00 e. The van der Waals surface area contributed by atoms with E-state index in [2.05, 4.69) is 40.8 Å². The molecule has 0 bridgehead atoms. The number of para-hydroxylation sites is 1. The summed E-state index contributed by atoms with van der Waals surface area (Å²) in [4.78, 5) is 0. The number of nitrogens with zero attached hydrogens (tertiary/aromatic N) is 4. The minimum atomic E-state index is 0. The second-order valence-electron chi connectivity index (χ2n) is 5.65. The van der Waals surface area contributed by atoms with Crippen molar-refractivity contribution >= 4 is 0 Å². The molecule has 132 valence electrons. The predicted octanol–water partition coefficient (Wildman–Crippen LogP) is 0.347. The molecule has 1 heterocycles. The van der Waals surface area contributed by atoms with E-state index in [4.69, 9.17) is 4.74 Å². The molecule has 0 spiro atoms. The summed E-state index contributed by atoms with van der Waals surface area (Å²) in [7, 11) is 0. The van der Waals surface area contributed by atoms with E-state index in [1.165, 1.54) is 0 Å².